The van der Waals surface area contributed by atoms with Gasteiger partial charge >= 0.3 is 0 Å². The van der Waals surface area contributed by atoms with Gasteiger partial charge in [-0.2, -0.15) is 0 Å². The molecule has 0 atom stereocenters. The van der Waals surface area contributed by atoms with Gasteiger partial charge in [0.05, 0.1) is 5.56 Å². The summed E-state index contributed by atoms with van der Waals surface area (Å²) in [5, 5.41) is 9.36. The highest BCUT2D eigenvalue weighted by molar-refractivity contribution is 5.95. The van der Waals surface area contributed by atoms with Crippen LogP contribution in [-0.4, -0.2) is 23.4 Å². The van der Waals surface area contributed by atoms with Crippen molar-refractivity contribution in [3.63, 3.8) is 0 Å². The predicted octanol–water partition coefficient (Wildman–Crippen LogP) is 0.459. The van der Waals surface area contributed by atoms with Crippen LogP contribution in [0.15, 0.2) is 18.2 Å². The SMILES string of the molecule is CC(=O)COc1ccc(C(N)=O)c(O)c1. The second-order valence-electron chi connectivity index (χ2n) is 3.03. The molecule has 0 aliphatic heterocycles. The van der Waals surface area contributed by atoms with Crippen molar-refractivity contribution < 1.29 is 19.4 Å². The Morgan fingerprint density at radius 3 is 2.60 bits per heavy atom. The molecule has 5 nitrogen and oxygen atoms in total. The lowest BCUT2D eigenvalue weighted by Gasteiger charge is -2.05. The third-order valence-electron chi connectivity index (χ3n) is 1.68. The number of primary amides is 1. The van der Waals surface area contributed by atoms with Crippen molar-refractivity contribution in [2.75, 3.05) is 6.61 Å². The molecule has 80 valence electrons. The molecule has 15 heavy (non-hydrogen) atoms. The van der Waals surface area contributed by atoms with Crippen LogP contribution in [0.25, 0.3) is 0 Å². The molecule has 3 N–H and O–H groups in total. The quantitative estimate of drug-likeness (QED) is 0.753. The number of nitrogens with two attached hydrogens (primary N) is 1. The van der Waals surface area contributed by atoms with Crippen LogP contribution in [0, 0.1) is 0 Å². The molecule has 0 saturated heterocycles. The van der Waals surface area contributed by atoms with Crippen molar-refractivity contribution in [3.05, 3.63) is 23.8 Å². The summed E-state index contributed by atoms with van der Waals surface area (Å²) in [6, 6.07) is 4.04. The topological polar surface area (TPSA) is 89.6 Å². The molecule has 1 amide bonds. The zero-order valence-electron chi connectivity index (χ0n) is 8.19. The van der Waals surface area contributed by atoms with E-state index in [9.17, 15) is 14.7 Å². The fourth-order valence-electron chi connectivity index (χ4n) is 0.995. The van der Waals surface area contributed by atoms with Crippen LogP contribution in [0.3, 0.4) is 0 Å². The molecule has 1 aromatic rings. The highest BCUT2D eigenvalue weighted by atomic mass is 16.5. The van der Waals surface area contributed by atoms with E-state index in [4.69, 9.17) is 10.5 Å². The molecule has 0 aromatic heterocycles. The molecule has 0 saturated carbocycles. The van der Waals surface area contributed by atoms with Crippen molar-refractivity contribution in [1.29, 1.82) is 0 Å². The van der Waals surface area contributed by atoms with Gasteiger partial charge in [-0.1, -0.05) is 0 Å². The number of carbonyl (C=O) groups is 2. The minimum Gasteiger partial charge on any atom is -0.507 e. The molecule has 0 aliphatic rings. The van der Waals surface area contributed by atoms with Crippen molar-refractivity contribution in [1.82, 2.24) is 0 Å². The third kappa shape index (κ3) is 2.98. The second kappa shape index (κ2) is 4.45. The number of aromatic hydroxyl groups is 1. The van der Waals surface area contributed by atoms with Crippen LogP contribution in [0.2, 0.25) is 0 Å². The number of carbonyl (C=O) groups excluding carboxylic acids is 2. The summed E-state index contributed by atoms with van der Waals surface area (Å²) in [6.07, 6.45) is 0. The van der Waals surface area contributed by atoms with E-state index in [0.29, 0.717) is 5.75 Å². The van der Waals surface area contributed by atoms with Gasteiger partial charge in [-0.05, 0) is 19.1 Å². The Bertz CT molecular complexity index is 400. The lowest BCUT2D eigenvalue weighted by Crippen LogP contribution is -2.11. The average Bonchev–Trinajstić information content (AvgIpc) is 2.14. The van der Waals surface area contributed by atoms with E-state index in [2.05, 4.69) is 0 Å². The van der Waals surface area contributed by atoms with Crippen LogP contribution in [0.4, 0.5) is 0 Å². The molecule has 0 unspecified atom stereocenters. The Morgan fingerprint density at radius 1 is 1.47 bits per heavy atom. The minimum atomic E-state index is -0.717. The molecule has 0 radical (unpaired) electrons. The van der Waals surface area contributed by atoms with Gasteiger partial charge in [0, 0.05) is 6.07 Å². The number of ketones is 1. The Kier molecular flexibility index (Phi) is 3.28. The van der Waals surface area contributed by atoms with Crippen LogP contribution >= 0.6 is 0 Å². The van der Waals surface area contributed by atoms with Gasteiger partial charge in [0.15, 0.2) is 5.78 Å². The highest BCUT2D eigenvalue weighted by Crippen LogP contribution is 2.22. The van der Waals surface area contributed by atoms with E-state index in [1.807, 2.05) is 0 Å². The van der Waals surface area contributed by atoms with E-state index >= 15 is 0 Å². The second-order valence-corrected chi connectivity index (χ2v) is 3.03. The zero-order valence-corrected chi connectivity index (χ0v) is 8.19. The number of benzene rings is 1. The van der Waals surface area contributed by atoms with E-state index in [-0.39, 0.29) is 23.7 Å². The molecule has 0 fully saturated rings. The maximum absolute atomic E-state index is 10.8. The molecule has 0 heterocycles. The summed E-state index contributed by atoms with van der Waals surface area (Å²) in [7, 11) is 0. The lowest BCUT2D eigenvalue weighted by atomic mass is 10.2. The zero-order chi connectivity index (χ0) is 11.4. The van der Waals surface area contributed by atoms with Crippen LogP contribution in [0.1, 0.15) is 17.3 Å². The first-order valence-corrected chi connectivity index (χ1v) is 4.25. The molecule has 5 heteroatoms. The molecule has 0 spiro atoms. The Morgan fingerprint density at radius 2 is 2.13 bits per heavy atom. The summed E-state index contributed by atoms with van der Waals surface area (Å²) in [5.41, 5.74) is 5.01. The largest absolute Gasteiger partial charge is 0.507 e. The van der Waals surface area contributed by atoms with Gasteiger partial charge < -0.3 is 15.6 Å². The number of hydrogen-bond donors (Lipinski definition) is 2. The first kappa shape index (κ1) is 11.0. The summed E-state index contributed by atoms with van der Waals surface area (Å²) < 4.78 is 5.02. The molecule has 1 aromatic carbocycles. The van der Waals surface area contributed by atoms with Crippen LogP contribution < -0.4 is 10.5 Å². The normalized spacial score (nSPS) is 9.67. The fraction of sp³-hybridized carbons (Fsp3) is 0.200. The third-order valence-corrected chi connectivity index (χ3v) is 1.68. The van der Waals surface area contributed by atoms with Crippen molar-refractivity contribution >= 4 is 11.7 Å². The molecule has 0 aliphatic carbocycles. The van der Waals surface area contributed by atoms with Crippen molar-refractivity contribution in [2.45, 2.75) is 6.92 Å². The number of phenols is 1. The average molecular weight is 209 g/mol. The van der Waals surface area contributed by atoms with Gasteiger partial charge in [-0.25, -0.2) is 0 Å². The lowest BCUT2D eigenvalue weighted by molar-refractivity contribution is -0.118. The van der Waals surface area contributed by atoms with Gasteiger partial charge in [0.1, 0.15) is 18.1 Å². The Balaban J connectivity index is 2.82. The summed E-state index contributed by atoms with van der Waals surface area (Å²) in [5.74, 6) is -0.796. The van der Waals surface area contributed by atoms with Crippen molar-refractivity contribution in [2.24, 2.45) is 5.73 Å². The van der Waals surface area contributed by atoms with Crippen LogP contribution in [-0.2, 0) is 4.79 Å². The van der Waals surface area contributed by atoms with Gasteiger partial charge in [0.2, 0.25) is 0 Å². The predicted molar refractivity (Wildman–Crippen MR) is 52.8 cm³/mol. The Hall–Kier alpha value is -2.04. The smallest absolute Gasteiger partial charge is 0.252 e. The maximum Gasteiger partial charge on any atom is 0.252 e. The maximum atomic E-state index is 10.8. The van der Waals surface area contributed by atoms with Gasteiger partial charge in [-0.3, -0.25) is 9.59 Å². The monoisotopic (exact) mass is 209 g/mol. The van der Waals surface area contributed by atoms with E-state index in [1.165, 1.54) is 25.1 Å². The van der Waals surface area contributed by atoms with E-state index < -0.39 is 5.91 Å². The molecule has 0 bridgehead atoms. The molecular formula is C10H11NO4. The number of Topliss-reactive ketones (excluding diaryl/α,β-unsaturated/α-hetero) is 1. The highest BCUT2D eigenvalue weighted by Gasteiger charge is 2.08. The summed E-state index contributed by atoms with van der Waals surface area (Å²) >= 11 is 0. The number of rotatable bonds is 4. The van der Waals surface area contributed by atoms with Crippen molar-refractivity contribution in [3.8, 4) is 11.5 Å². The first-order chi connectivity index (χ1) is 7.00. The number of amides is 1. The van der Waals surface area contributed by atoms with Gasteiger partial charge in [0.25, 0.3) is 5.91 Å². The van der Waals surface area contributed by atoms with Gasteiger partial charge in [-0.15, -0.1) is 0 Å². The van der Waals surface area contributed by atoms with E-state index in [1.54, 1.807) is 0 Å². The Labute approximate surface area is 86.5 Å². The minimum absolute atomic E-state index is 0.0187. The first-order valence-electron chi connectivity index (χ1n) is 4.25. The number of ether oxygens (including phenoxy) is 1. The standard InChI is InChI=1S/C10H11NO4/c1-6(12)5-15-7-2-3-8(10(11)14)9(13)4-7/h2-4,13H,5H2,1H3,(H2,11,14). The summed E-state index contributed by atoms with van der Waals surface area (Å²) in [6.45, 7) is 1.31. The van der Waals surface area contributed by atoms with Crippen LogP contribution in [0.5, 0.6) is 11.5 Å². The number of hydrogen-bond acceptors (Lipinski definition) is 4. The summed E-state index contributed by atoms with van der Waals surface area (Å²) in [4.78, 5) is 21.4. The molecule has 1 rings (SSSR count). The fourth-order valence-corrected chi connectivity index (χ4v) is 0.995. The van der Waals surface area contributed by atoms with E-state index in [0.717, 1.165) is 0 Å². The molecular weight excluding hydrogens is 198 g/mol.